The normalized spacial score (nSPS) is 10.5. The van der Waals surface area contributed by atoms with E-state index in [0.29, 0.717) is 0 Å². The minimum Gasteiger partial charge on any atom is -0.326 e. The molecule has 1 N–H and O–H groups in total. The van der Waals surface area contributed by atoms with E-state index in [1.807, 2.05) is 54.6 Å². The number of aromatic nitrogens is 1. The van der Waals surface area contributed by atoms with E-state index in [2.05, 4.69) is 10.3 Å². The second-order valence-electron chi connectivity index (χ2n) is 3.89. The van der Waals surface area contributed by atoms with Crippen LogP contribution in [-0.4, -0.2) is 10.9 Å². The van der Waals surface area contributed by atoms with E-state index in [1.165, 1.54) is 6.92 Å². The fourth-order valence-corrected chi connectivity index (χ4v) is 1.54. The Balaban J connectivity index is 2.06. The maximum absolute atomic E-state index is 10.9. The van der Waals surface area contributed by atoms with E-state index in [4.69, 9.17) is 0 Å². The maximum Gasteiger partial charge on any atom is 0.221 e. The van der Waals surface area contributed by atoms with Gasteiger partial charge in [0.2, 0.25) is 5.91 Å². The van der Waals surface area contributed by atoms with Gasteiger partial charge in [0, 0.05) is 18.8 Å². The molecule has 0 saturated heterocycles. The first kappa shape index (κ1) is 12.0. The van der Waals surface area contributed by atoms with Crippen LogP contribution in [0.25, 0.3) is 12.2 Å². The van der Waals surface area contributed by atoms with Crippen molar-refractivity contribution in [1.82, 2.24) is 4.98 Å². The van der Waals surface area contributed by atoms with Crippen molar-refractivity contribution >= 4 is 23.7 Å². The van der Waals surface area contributed by atoms with Gasteiger partial charge in [0.15, 0.2) is 0 Å². The van der Waals surface area contributed by atoms with E-state index in [9.17, 15) is 4.79 Å². The highest BCUT2D eigenvalue weighted by molar-refractivity contribution is 5.88. The maximum atomic E-state index is 10.9. The lowest BCUT2D eigenvalue weighted by Gasteiger charge is -2.01. The first-order chi connectivity index (χ1) is 8.74. The van der Waals surface area contributed by atoms with Crippen molar-refractivity contribution in [3.8, 4) is 0 Å². The third kappa shape index (κ3) is 3.56. The average Bonchev–Trinajstić information content (AvgIpc) is 2.38. The Morgan fingerprint density at radius 3 is 2.50 bits per heavy atom. The number of nitrogens with zero attached hydrogens (tertiary/aromatic N) is 1. The highest BCUT2D eigenvalue weighted by Gasteiger charge is 1.94. The van der Waals surface area contributed by atoms with Gasteiger partial charge in [-0.25, -0.2) is 0 Å². The number of carbonyl (C=O) groups excluding carboxylic acids is 1. The Morgan fingerprint density at radius 2 is 1.89 bits per heavy atom. The second kappa shape index (κ2) is 5.77. The Labute approximate surface area is 106 Å². The molecule has 90 valence electrons. The van der Waals surface area contributed by atoms with E-state index in [-0.39, 0.29) is 5.91 Å². The molecule has 0 aliphatic heterocycles. The van der Waals surface area contributed by atoms with Crippen LogP contribution in [-0.2, 0) is 4.79 Å². The number of pyridine rings is 1. The molecule has 3 nitrogen and oxygen atoms in total. The molecule has 0 unspecified atom stereocenters. The van der Waals surface area contributed by atoms with Crippen LogP contribution in [0.1, 0.15) is 18.2 Å². The van der Waals surface area contributed by atoms with Gasteiger partial charge >= 0.3 is 0 Å². The Morgan fingerprint density at radius 1 is 1.11 bits per heavy atom. The van der Waals surface area contributed by atoms with Crippen molar-refractivity contribution in [2.45, 2.75) is 6.92 Å². The van der Waals surface area contributed by atoms with Crippen LogP contribution < -0.4 is 5.32 Å². The summed E-state index contributed by atoms with van der Waals surface area (Å²) in [6.07, 6.45) is 5.70. The van der Waals surface area contributed by atoms with Crippen LogP contribution in [0.4, 0.5) is 5.69 Å². The molecular weight excluding hydrogens is 224 g/mol. The summed E-state index contributed by atoms with van der Waals surface area (Å²) in [6.45, 7) is 1.49. The molecule has 0 aliphatic carbocycles. The number of hydrogen-bond acceptors (Lipinski definition) is 2. The van der Waals surface area contributed by atoms with Crippen molar-refractivity contribution in [2.24, 2.45) is 0 Å². The molecule has 0 atom stereocenters. The van der Waals surface area contributed by atoms with Gasteiger partial charge in [-0.3, -0.25) is 9.78 Å². The van der Waals surface area contributed by atoms with Gasteiger partial charge < -0.3 is 5.32 Å². The zero-order valence-corrected chi connectivity index (χ0v) is 10.1. The molecule has 2 rings (SSSR count). The van der Waals surface area contributed by atoms with Crippen molar-refractivity contribution < 1.29 is 4.79 Å². The zero-order chi connectivity index (χ0) is 12.8. The fourth-order valence-electron chi connectivity index (χ4n) is 1.54. The monoisotopic (exact) mass is 238 g/mol. The second-order valence-corrected chi connectivity index (χ2v) is 3.89. The average molecular weight is 238 g/mol. The molecule has 1 aromatic heterocycles. The minimum absolute atomic E-state index is 0.0632. The lowest BCUT2D eigenvalue weighted by molar-refractivity contribution is -0.114. The van der Waals surface area contributed by atoms with Gasteiger partial charge in [-0.2, -0.15) is 0 Å². The number of carbonyl (C=O) groups is 1. The minimum atomic E-state index is -0.0632. The van der Waals surface area contributed by atoms with E-state index < -0.39 is 0 Å². The largest absolute Gasteiger partial charge is 0.326 e. The molecule has 3 heteroatoms. The van der Waals surface area contributed by atoms with Crippen LogP contribution >= 0.6 is 0 Å². The Hall–Kier alpha value is -2.42. The van der Waals surface area contributed by atoms with Gasteiger partial charge in [0.05, 0.1) is 5.69 Å². The number of anilines is 1. The van der Waals surface area contributed by atoms with E-state index in [0.717, 1.165) is 16.9 Å². The molecule has 0 fully saturated rings. The van der Waals surface area contributed by atoms with Crippen LogP contribution in [0.5, 0.6) is 0 Å². The van der Waals surface area contributed by atoms with Crippen molar-refractivity contribution in [3.05, 3.63) is 59.9 Å². The summed E-state index contributed by atoms with van der Waals surface area (Å²) in [7, 11) is 0. The summed E-state index contributed by atoms with van der Waals surface area (Å²) in [5.41, 5.74) is 2.79. The third-order valence-corrected chi connectivity index (χ3v) is 2.37. The van der Waals surface area contributed by atoms with Crippen LogP contribution in [0.15, 0.2) is 48.7 Å². The molecule has 0 spiro atoms. The topological polar surface area (TPSA) is 42.0 Å². The predicted octanol–water partition coefficient (Wildman–Crippen LogP) is 3.21. The summed E-state index contributed by atoms with van der Waals surface area (Å²) in [6, 6.07) is 13.4. The van der Waals surface area contributed by atoms with Crippen LogP contribution in [0, 0.1) is 0 Å². The van der Waals surface area contributed by atoms with Crippen molar-refractivity contribution in [3.63, 3.8) is 0 Å². The molecule has 0 aliphatic rings. The first-order valence-corrected chi connectivity index (χ1v) is 5.71. The number of amides is 1. The van der Waals surface area contributed by atoms with Gasteiger partial charge in [0.1, 0.15) is 0 Å². The predicted molar refractivity (Wildman–Crippen MR) is 73.9 cm³/mol. The first-order valence-electron chi connectivity index (χ1n) is 5.71. The fraction of sp³-hybridized carbons (Fsp3) is 0.0667. The lowest BCUT2D eigenvalue weighted by atomic mass is 10.2. The molecular formula is C15H14N2O. The highest BCUT2D eigenvalue weighted by Crippen LogP contribution is 2.11. The molecule has 2 aromatic rings. The summed E-state index contributed by atoms with van der Waals surface area (Å²) < 4.78 is 0. The van der Waals surface area contributed by atoms with Crippen molar-refractivity contribution in [1.29, 1.82) is 0 Å². The third-order valence-electron chi connectivity index (χ3n) is 2.37. The lowest BCUT2D eigenvalue weighted by Crippen LogP contribution is -2.05. The standard InChI is InChI=1S/C15H14N2O/c1-12(18)17-15-9-6-13(7-10-15)5-8-14-4-2-3-11-16-14/h2-11H,1H3,(H,17,18). The van der Waals surface area contributed by atoms with Crippen molar-refractivity contribution in [2.75, 3.05) is 5.32 Å². The summed E-state index contributed by atoms with van der Waals surface area (Å²) >= 11 is 0. The zero-order valence-electron chi connectivity index (χ0n) is 10.1. The van der Waals surface area contributed by atoms with Crippen LogP contribution in [0.2, 0.25) is 0 Å². The molecule has 1 amide bonds. The molecule has 0 bridgehead atoms. The molecule has 1 heterocycles. The number of benzene rings is 1. The quantitative estimate of drug-likeness (QED) is 0.892. The number of rotatable bonds is 3. The van der Waals surface area contributed by atoms with E-state index in [1.54, 1.807) is 6.20 Å². The SMILES string of the molecule is CC(=O)Nc1ccc(C=Cc2ccccn2)cc1. The molecule has 0 radical (unpaired) electrons. The summed E-state index contributed by atoms with van der Waals surface area (Å²) in [5, 5.41) is 2.73. The van der Waals surface area contributed by atoms with Gasteiger partial charge in [-0.1, -0.05) is 24.3 Å². The Bertz CT molecular complexity index is 544. The summed E-state index contributed by atoms with van der Waals surface area (Å²) in [5.74, 6) is -0.0632. The smallest absolute Gasteiger partial charge is 0.221 e. The number of nitrogens with one attached hydrogen (secondary N) is 1. The highest BCUT2D eigenvalue weighted by atomic mass is 16.1. The summed E-state index contributed by atoms with van der Waals surface area (Å²) in [4.78, 5) is 15.1. The van der Waals surface area contributed by atoms with E-state index >= 15 is 0 Å². The molecule has 18 heavy (non-hydrogen) atoms. The molecule has 1 aromatic carbocycles. The molecule has 0 saturated carbocycles. The van der Waals surface area contributed by atoms with Gasteiger partial charge in [0.25, 0.3) is 0 Å². The van der Waals surface area contributed by atoms with Crippen LogP contribution in [0.3, 0.4) is 0 Å². The Kier molecular flexibility index (Phi) is 3.86. The van der Waals surface area contributed by atoms with Gasteiger partial charge in [-0.05, 0) is 35.9 Å². The number of hydrogen-bond donors (Lipinski definition) is 1. The van der Waals surface area contributed by atoms with Gasteiger partial charge in [-0.15, -0.1) is 0 Å².